The van der Waals surface area contributed by atoms with E-state index in [2.05, 4.69) is 18.3 Å². The van der Waals surface area contributed by atoms with Crippen LogP contribution in [0.2, 0.25) is 0 Å². The first-order valence-electron chi connectivity index (χ1n) is 6.67. The molecular formula is C15H22N2O2. The first-order chi connectivity index (χ1) is 9.31. The molecule has 0 spiro atoms. The Balaban J connectivity index is 2.34. The van der Waals surface area contributed by atoms with Crippen molar-refractivity contribution in [3.8, 4) is 11.8 Å². The maximum atomic E-state index is 8.89. The molecule has 0 fully saturated rings. The molecule has 0 amide bonds. The molecule has 0 bridgehead atoms. The summed E-state index contributed by atoms with van der Waals surface area (Å²) in [4.78, 5) is 0. The van der Waals surface area contributed by atoms with Crippen molar-refractivity contribution in [3.63, 3.8) is 0 Å². The predicted molar refractivity (Wildman–Crippen MR) is 75.1 cm³/mol. The highest BCUT2D eigenvalue weighted by atomic mass is 16.5. The molecular weight excluding hydrogens is 240 g/mol. The average molecular weight is 262 g/mol. The Kier molecular flexibility index (Phi) is 7.64. The zero-order valence-corrected chi connectivity index (χ0v) is 11.7. The van der Waals surface area contributed by atoms with Crippen molar-refractivity contribution >= 4 is 0 Å². The van der Waals surface area contributed by atoms with Gasteiger partial charge >= 0.3 is 0 Å². The number of ether oxygens (including phenoxy) is 2. The number of hydrogen-bond acceptors (Lipinski definition) is 4. The molecule has 0 aliphatic rings. The van der Waals surface area contributed by atoms with Gasteiger partial charge < -0.3 is 14.8 Å². The van der Waals surface area contributed by atoms with E-state index in [0.717, 1.165) is 37.3 Å². The number of nitrogens with zero attached hydrogens (tertiary/aromatic N) is 1. The minimum absolute atomic E-state index is 0.650. The van der Waals surface area contributed by atoms with Gasteiger partial charge in [-0.15, -0.1) is 0 Å². The van der Waals surface area contributed by atoms with E-state index in [9.17, 15) is 0 Å². The summed E-state index contributed by atoms with van der Waals surface area (Å²) >= 11 is 0. The minimum atomic E-state index is 0.650. The highest BCUT2D eigenvalue weighted by Crippen LogP contribution is 2.19. The summed E-state index contributed by atoms with van der Waals surface area (Å²) in [5.41, 5.74) is 1.65. The van der Waals surface area contributed by atoms with Gasteiger partial charge in [-0.25, -0.2) is 0 Å². The molecule has 0 saturated carbocycles. The first-order valence-corrected chi connectivity index (χ1v) is 6.67. The van der Waals surface area contributed by atoms with Crippen LogP contribution in [0.5, 0.6) is 5.75 Å². The predicted octanol–water partition coefficient (Wildman–Crippen LogP) is 2.47. The number of unbranched alkanes of at least 4 members (excludes halogenated alkanes) is 1. The van der Waals surface area contributed by atoms with Crippen molar-refractivity contribution in [1.29, 1.82) is 5.26 Å². The lowest BCUT2D eigenvalue weighted by Crippen LogP contribution is -2.20. The van der Waals surface area contributed by atoms with E-state index in [1.54, 1.807) is 13.2 Å². The van der Waals surface area contributed by atoms with Gasteiger partial charge in [0.1, 0.15) is 5.75 Å². The van der Waals surface area contributed by atoms with Crippen LogP contribution in [0.1, 0.15) is 30.9 Å². The number of nitriles is 1. The molecule has 19 heavy (non-hydrogen) atoms. The van der Waals surface area contributed by atoms with Gasteiger partial charge in [-0.2, -0.15) is 5.26 Å². The van der Waals surface area contributed by atoms with Gasteiger partial charge in [0, 0.05) is 25.3 Å². The SMILES string of the molecule is CCCCOCCNCc1cc(C#N)ccc1OC. The summed E-state index contributed by atoms with van der Waals surface area (Å²) in [5, 5.41) is 12.2. The Hall–Kier alpha value is -1.57. The summed E-state index contributed by atoms with van der Waals surface area (Å²) < 4.78 is 10.7. The molecule has 1 aromatic rings. The fraction of sp³-hybridized carbons (Fsp3) is 0.533. The Morgan fingerprint density at radius 3 is 2.84 bits per heavy atom. The van der Waals surface area contributed by atoms with Gasteiger partial charge in [0.2, 0.25) is 0 Å². The van der Waals surface area contributed by atoms with Crippen LogP contribution in [-0.2, 0) is 11.3 Å². The molecule has 1 aromatic carbocycles. The summed E-state index contributed by atoms with van der Waals surface area (Å²) in [6, 6.07) is 7.57. The lowest BCUT2D eigenvalue weighted by molar-refractivity contribution is 0.133. The van der Waals surface area contributed by atoms with Crippen LogP contribution < -0.4 is 10.1 Å². The Morgan fingerprint density at radius 1 is 1.32 bits per heavy atom. The Bertz CT molecular complexity index is 413. The summed E-state index contributed by atoms with van der Waals surface area (Å²) in [7, 11) is 1.64. The molecule has 1 rings (SSSR count). The Labute approximate surface area is 115 Å². The number of benzene rings is 1. The van der Waals surface area contributed by atoms with Gasteiger partial charge in [-0.05, 0) is 24.6 Å². The van der Waals surface area contributed by atoms with Crippen LogP contribution in [-0.4, -0.2) is 26.9 Å². The van der Waals surface area contributed by atoms with E-state index in [1.165, 1.54) is 0 Å². The van der Waals surface area contributed by atoms with Crippen molar-refractivity contribution in [2.45, 2.75) is 26.3 Å². The van der Waals surface area contributed by atoms with Crippen molar-refractivity contribution in [3.05, 3.63) is 29.3 Å². The van der Waals surface area contributed by atoms with Crippen LogP contribution in [0, 0.1) is 11.3 Å². The minimum Gasteiger partial charge on any atom is -0.496 e. The molecule has 0 radical (unpaired) electrons. The summed E-state index contributed by atoms with van der Waals surface area (Å²) in [5.74, 6) is 0.804. The van der Waals surface area contributed by atoms with Gasteiger partial charge in [0.15, 0.2) is 0 Å². The van der Waals surface area contributed by atoms with Gasteiger partial charge in [0.25, 0.3) is 0 Å². The van der Waals surface area contributed by atoms with E-state index in [1.807, 2.05) is 12.1 Å². The molecule has 4 heteroatoms. The molecule has 0 unspecified atom stereocenters. The number of methoxy groups -OCH3 is 1. The van der Waals surface area contributed by atoms with Crippen LogP contribution >= 0.6 is 0 Å². The van der Waals surface area contributed by atoms with E-state index in [-0.39, 0.29) is 0 Å². The van der Waals surface area contributed by atoms with E-state index in [0.29, 0.717) is 18.7 Å². The van der Waals surface area contributed by atoms with E-state index >= 15 is 0 Å². The third-order valence-corrected chi connectivity index (χ3v) is 2.79. The molecule has 0 aliphatic carbocycles. The quantitative estimate of drug-likeness (QED) is 0.695. The number of nitrogens with one attached hydrogen (secondary N) is 1. The standard InChI is InChI=1S/C15H22N2O2/c1-3-4-8-19-9-7-17-12-14-10-13(11-16)5-6-15(14)18-2/h5-6,10,17H,3-4,7-9,12H2,1-2H3. The third kappa shape index (κ3) is 5.73. The topological polar surface area (TPSA) is 54.3 Å². The largest absolute Gasteiger partial charge is 0.496 e. The molecule has 1 N–H and O–H groups in total. The molecule has 0 heterocycles. The monoisotopic (exact) mass is 262 g/mol. The van der Waals surface area contributed by atoms with Crippen LogP contribution in [0.3, 0.4) is 0 Å². The molecule has 104 valence electrons. The smallest absolute Gasteiger partial charge is 0.123 e. The fourth-order valence-electron chi connectivity index (χ4n) is 1.70. The van der Waals surface area contributed by atoms with Crippen LogP contribution in [0.15, 0.2) is 18.2 Å². The maximum absolute atomic E-state index is 8.89. The van der Waals surface area contributed by atoms with E-state index in [4.69, 9.17) is 14.7 Å². The first kappa shape index (κ1) is 15.5. The highest BCUT2D eigenvalue weighted by Gasteiger charge is 2.03. The molecule has 0 aliphatic heterocycles. The average Bonchev–Trinajstić information content (AvgIpc) is 2.46. The number of rotatable bonds is 9. The van der Waals surface area contributed by atoms with E-state index < -0.39 is 0 Å². The fourth-order valence-corrected chi connectivity index (χ4v) is 1.70. The van der Waals surface area contributed by atoms with Gasteiger partial charge in [0.05, 0.1) is 25.3 Å². The molecule has 0 saturated heterocycles. The highest BCUT2D eigenvalue weighted by molar-refractivity contribution is 5.41. The summed E-state index contributed by atoms with van der Waals surface area (Å²) in [6.07, 6.45) is 2.27. The number of hydrogen-bond donors (Lipinski definition) is 1. The molecule has 4 nitrogen and oxygen atoms in total. The van der Waals surface area contributed by atoms with Crippen molar-refractivity contribution in [2.75, 3.05) is 26.9 Å². The van der Waals surface area contributed by atoms with Gasteiger partial charge in [-0.1, -0.05) is 13.3 Å². The third-order valence-electron chi connectivity index (χ3n) is 2.79. The van der Waals surface area contributed by atoms with Crippen molar-refractivity contribution < 1.29 is 9.47 Å². The molecule has 0 atom stereocenters. The second-order valence-corrected chi connectivity index (χ2v) is 4.28. The normalized spacial score (nSPS) is 10.2. The summed E-state index contributed by atoms with van der Waals surface area (Å²) in [6.45, 7) is 5.15. The van der Waals surface area contributed by atoms with Crippen molar-refractivity contribution in [1.82, 2.24) is 5.32 Å². The van der Waals surface area contributed by atoms with Crippen LogP contribution in [0.25, 0.3) is 0 Å². The lowest BCUT2D eigenvalue weighted by Gasteiger charge is -2.10. The molecule has 0 aromatic heterocycles. The second kappa shape index (κ2) is 9.37. The Morgan fingerprint density at radius 2 is 2.16 bits per heavy atom. The van der Waals surface area contributed by atoms with Crippen LogP contribution in [0.4, 0.5) is 0 Å². The lowest BCUT2D eigenvalue weighted by atomic mass is 10.1. The maximum Gasteiger partial charge on any atom is 0.123 e. The van der Waals surface area contributed by atoms with Crippen molar-refractivity contribution in [2.24, 2.45) is 0 Å². The zero-order valence-electron chi connectivity index (χ0n) is 11.7. The second-order valence-electron chi connectivity index (χ2n) is 4.28. The zero-order chi connectivity index (χ0) is 13.9. The van der Waals surface area contributed by atoms with Gasteiger partial charge in [-0.3, -0.25) is 0 Å².